The topological polar surface area (TPSA) is 73.9 Å². The van der Waals surface area contributed by atoms with Gasteiger partial charge in [0, 0.05) is 5.56 Å². The Bertz CT molecular complexity index is 581. The predicted molar refractivity (Wildman–Crippen MR) is 95.4 cm³/mol. The molecule has 0 heterocycles. The lowest BCUT2D eigenvalue weighted by atomic mass is 10.2. The lowest BCUT2D eigenvalue weighted by Crippen LogP contribution is -2.44. The number of carbonyl (C=O) groups is 1. The van der Waals surface area contributed by atoms with Crippen LogP contribution in [0.15, 0.2) is 24.3 Å². The van der Waals surface area contributed by atoms with Gasteiger partial charge in [-0.3, -0.25) is 9.36 Å². The van der Waals surface area contributed by atoms with Gasteiger partial charge in [0.05, 0.1) is 20.3 Å². The molecule has 0 unspecified atom stereocenters. The molecule has 0 spiro atoms. The molecule has 0 aliphatic heterocycles. The van der Waals surface area contributed by atoms with Crippen molar-refractivity contribution in [2.24, 2.45) is 0 Å². The van der Waals surface area contributed by atoms with Crippen LogP contribution in [0.3, 0.4) is 0 Å². The van der Waals surface area contributed by atoms with Gasteiger partial charge in [0.25, 0.3) is 5.91 Å². The molecule has 0 radical (unpaired) electrons. The molecule has 0 saturated carbocycles. The van der Waals surface area contributed by atoms with Crippen LogP contribution in [0.25, 0.3) is 0 Å². The normalized spacial score (nSPS) is 13.4. The first kappa shape index (κ1) is 21.6. The van der Waals surface area contributed by atoms with E-state index in [1.165, 1.54) is 19.2 Å². The molecule has 6 nitrogen and oxygen atoms in total. The van der Waals surface area contributed by atoms with Gasteiger partial charge in [-0.15, -0.1) is 0 Å². The number of amides is 1. The molecule has 1 aromatic carbocycles. The number of hydrogen-bond donors (Lipinski definition) is 1. The zero-order chi connectivity index (χ0) is 18.4. The van der Waals surface area contributed by atoms with Crippen molar-refractivity contribution in [1.29, 1.82) is 0 Å². The number of ether oxygens (including phenoxy) is 1. The van der Waals surface area contributed by atoms with Crippen LogP contribution < -0.4 is 10.1 Å². The molecular weight excluding hydrogens is 399 g/mol. The second kappa shape index (κ2) is 9.27. The molecule has 0 aliphatic rings. The van der Waals surface area contributed by atoms with Crippen molar-refractivity contribution >= 4 is 48.3 Å². The van der Waals surface area contributed by atoms with Gasteiger partial charge in [-0.25, -0.2) is 0 Å². The van der Waals surface area contributed by atoms with Crippen molar-refractivity contribution in [3.05, 3.63) is 29.8 Å². The SMILES string of the molecule is CCOP(=O)(OCC)[C@H](NC(=O)c1ccc(OC)cc1)C(Cl)(Cl)Cl. The second-order valence-corrected chi connectivity index (χ2v) is 9.00. The summed E-state index contributed by atoms with van der Waals surface area (Å²) in [6, 6.07) is 6.25. The van der Waals surface area contributed by atoms with E-state index in [0.29, 0.717) is 5.75 Å². The van der Waals surface area contributed by atoms with Crippen LogP contribution in [0.4, 0.5) is 0 Å². The number of hydrogen-bond acceptors (Lipinski definition) is 5. The molecule has 1 rings (SSSR count). The average molecular weight is 419 g/mol. The minimum atomic E-state index is -3.89. The van der Waals surface area contributed by atoms with E-state index in [4.69, 9.17) is 48.6 Å². The van der Waals surface area contributed by atoms with Gasteiger partial charge >= 0.3 is 7.60 Å². The first-order chi connectivity index (χ1) is 11.2. The third-order valence-corrected chi connectivity index (χ3v) is 6.36. The summed E-state index contributed by atoms with van der Waals surface area (Å²) in [5, 5.41) is 2.43. The number of rotatable bonds is 8. The van der Waals surface area contributed by atoms with E-state index in [0.717, 1.165) is 0 Å². The van der Waals surface area contributed by atoms with Crippen LogP contribution in [-0.2, 0) is 13.6 Å². The van der Waals surface area contributed by atoms with E-state index in [1.54, 1.807) is 26.0 Å². The van der Waals surface area contributed by atoms with Crippen molar-refractivity contribution in [2.45, 2.75) is 23.4 Å². The number of methoxy groups -OCH3 is 1. The number of alkyl halides is 3. The molecule has 1 aromatic rings. The van der Waals surface area contributed by atoms with Gasteiger partial charge in [0.2, 0.25) is 3.79 Å². The summed E-state index contributed by atoms with van der Waals surface area (Å²) in [6.45, 7) is 3.36. The molecule has 0 aromatic heterocycles. The molecule has 10 heteroatoms. The molecule has 0 fully saturated rings. The smallest absolute Gasteiger partial charge is 0.357 e. The summed E-state index contributed by atoms with van der Waals surface area (Å²) in [6.07, 6.45) is 0. The summed E-state index contributed by atoms with van der Waals surface area (Å²) in [5.74, 6) is -1.48. The largest absolute Gasteiger partial charge is 0.497 e. The highest BCUT2D eigenvalue weighted by atomic mass is 35.6. The Kier molecular flexibility index (Phi) is 8.33. The molecule has 1 amide bonds. The molecule has 0 aliphatic carbocycles. The molecule has 0 bridgehead atoms. The third-order valence-electron chi connectivity index (χ3n) is 2.86. The van der Waals surface area contributed by atoms with Gasteiger partial charge in [-0.05, 0) is 38.1 Å². The number of benzene rings is 1. The monoisotopic (exact) mass is 417 g/mol. The van der Waals surface area contributed by atoms with Crippen LogP contribution >= 0.6 is 42.4 Å². The van der Waals surface area contributed by atoms with Gasteiger partial charge in [-0.1, -0.05) is 34.8 Å². The van der Waals surface area contributed by atoms with Crippen molar-refractivity contribution < 1.29 is 23.1 Å². The van der Waals surface area contributed by atoms with E-state index in [1.807, 2.05) is 0 Å². The summed E-state index contributed by atoms with van der Waals surface area (Å²) in [7, 11) is -2.38. The Labute approximate surface area is 156 Å². The summed E-state index contributed by atoms with van der Waals surface area (Å²) in [5.41, 5.74) is 0.273. The molecule has 1 N–H and O–H groups in total. The van der Waals surface area contributed by atoms with Crippen molar-refractivity contribution in [3.63, 3.8) is 0 Å². The van der Waals surface area contributed by atoms with E-state index in [-0.39, 0.29) is 18.8 Å². The Morgan fingerprint density at radius 3 is 2.04 bits per heavy atom. The number of halogens is 3. The maximum atomic E-state index is 12.9. The second-order valence-electron chi connectivity index (χ2n) is 4.52. The van der Waals surface area contributed by atoms with Crippen LogP contribution in [0.5, 0.6) is 5.75 Å². The highest BCUT2D eigenvalue weighted by molar-refractivity contribution is 7.55. The highest BCUT2D eigenvalue weighted by Crippen LogP contribution is 2.58. The zero-order valence-electron chi connectivity index (χ0n) is 13.4. The quantitative estimate of drug-likeness (QED) is 0.501. The first-order valence-corrected chi connectivity index (χ1v) is 9.83. The van der Waals surface area contributed by atoms with E-state index < -0.39 is 23.1 Å². The number of nitrogens with one attached hydrogen (secondary N) is 1. The zero-order valence-corrected chi connectivity index (χ0v) is 16.6. The van der Waals surface area contributed by atoms with Gasteiger partial charge < -0.3 is 19.1 Å². The number of carbonyl (C=O) groups excluding carboxylic acids is 1. The predicted octanol–water partition coefficient (Wildman–Crippen LogP) is 4.39. The van der Waals surface area contributed by atoms with E-state index >= 15 is 0 Å². The summed E-state index contributed by atoms with van der Waals surface area (Å²) >= 11 is 17.7. The Hall–Kier alpha value is -0.490. The lowest BCUT2D eigenvalue weighted by molar-refractivity contribution is 0.0938. The van der Waals surface area contributed by atoms with Crippen LogP contribution in [0.2, 0.25) is 0 Å². The minimum absolute atomic E-state index is 0.0624. The first-order valence-electron chi connectivity index (χ1n) is 7.08. The fourth-order valence-electron chi connectivity index (χ4n) is 1.84. The Morgan fingerprint density at radius 2 is 1.67 bits per heavy atom. The van der Waals surface area contributed by atoms with Crippen LogP contribution in [-0.4, -0.2) is 35.8 Å². The fourth-order valence-corrected chi connectivity index (χ4v) is 4.80. The maximum Gasteiger partial charge on any atom is 0.357 e. The van der Waals surface area contributed by atoms with Crippen molar-refractivity contribution in [2.75, 3.05) is 20.3 Å². The molecular formula is C14H19Cl3NO5P. The Balaban J connectivity index is 3.08. The van der Waals surface area contributed by atoms with Gasteiger partial charge in [0.15, 0.2) is 5.78 Å². The standard InChI is InChI=1S/C14H19Cl3NO5P/c1-4-22-24(20,23-5-2)13(14(15,16)17)18-12(19)10-6-8-11(21-3)9-7-10/h6-9,13H,4-5H2,1-3H3,(H,18,19)/t13-/m0/s1. The molecule has 1 atom stereocenters. The third kappa shape index (κ3) is 5.80. The van der Waals surface area contributed by atoms with E-state index in [2.05, 4.69) is 5.32 Å². The molecule has 0 saturated heterocycles. The minimum Gasteiger partial charge on any atom is -0.497 e. The average Bonchev–Trinajstić information content (AvgIpc) is 2.51. The fraction of sp³-hybridized carbons (Fsp3) is 0.500. The molecule has 136 valence electrons. The van der Waals surface area contributed by atoms with Crippen molar-refractivity contribution in [1.82, 2.24) is 5.32 Å². The van der Waals surface area contributed by atoms with Crippen LogP contribution in [0, 0.1) is 0 Å². The Morgan fingerprint density at radius 1 is 1.17 bits per heavy atom. The summed E-state index contributed by atoms with van der Waals surface area (Å²) in [4.78, 5) is 12.4. The van der Waals surface area contributed by atoms with Gasteiger partial charge in [-0.2, -0.15) is 0 Å². The van der Waals surface area contributed by atoms with Crippen LogP contribution in [0.1, 0.15) is 24.2 Å². The molecule has 24 heavy (non-hydrogen) atoms. The lowest BCUT2D eigenvalue weighted by Gasteiger charge is -2.31. The highest BCUT2D eigenvalue weighted by Gasteiger charge is 2.49. The van der Waals surface area contributed by atoms with Gasteiger partial charge in [0.1, 0.15) is 5.75 Å². The van der Waals surface area contributed by atoms with E-state index in [9.17, 15) is 9.36 Å². The van der Waals surface area contributed by atoms with Crippen molar-refractivity contribution in [3.8, 4) is 5.75 Å². The maximum absolute atomic E-state index is 12.9. The summed E-state index contributed by atoms with van der Waals surface area (Å²) < 4.78 is 26.2.